The molecule has 1 atom stereocenters. The summed E-state index contributed by atoms with van der Waals surface area (Å²) in [6.07, 6.45) is 8.44. The average Bonchev–Trinajstić information content (AvgIpc) is 2.91. The molecule has 108 valence electrons. The summed E-state index contributed by atoms with van der Waals surface area (Å²) in [5.41, 5.74) is 1.03. The van der Waals surface area contributed by atoms with E-state index in [0.717, 1.165) is 25.3 Å². The Kier molecular flexibility index (Phi) is 3.11. The molecule has 3 nitrogen and oxygen atoms in total. The van der Waals surface area contributed by atoms with Crippen LogP contribution in [0.5, 0.6) is 0 Å². The normalized spacial score (nSPS) is 28.7. The van der Waals surface area contributed by atoms with Gasteiger partial charge in [0.05, 0.1) is 5.54 Å². The molecule has 4 heteroatoms. The Hall–Kier alpha value is -0.870. The first-order chi connectivity index (χ1) is 9.78. The molecule has 1 saturated heterocycles. The van der Waals surface area contributed by atoms with Gasteiger partial charge in [-0.25, -0.2) is 0 Å². The van der Waals surface area contributed by atoms with E-state index in [1.165, 1.54) is 37.7 Å². The molecule has 3 aliphatic rings. The Morgan fingerprint density at radius 2 is 2.15 bits per heavy atom. The van der Waals surface area contributed by atoms with Crippen molar-refractivity contribution in [3.05, 3.63) is 22.4 Å². The number of nitrogens with zero attached hydrogens (tertiary/aromatic N) is 1. The molecule has 1 aliphatic heterocycles. The molecule has 2 aliphatic carbocycles. The van der Waals surface area contributed by atoms with Crippen LogP contribution in [0.4, 0.5) is 0 Å². The predicted octanol–water partition coefficient (Wildman–Crippen LogP) is 3.29. The SMILES string of the molecule is O=C1N(CCC2CC2)C(c2ccsc2)NC12CCCC2. The van der Waals surface area contributed by atoms with E-state index in [2.05, 4.69) is 27.0 Å². The van der Waals surface area contributed by atoms with Gasteiger partial charge in [-0.1, -0.05) is 25.7 Å². The van der Waals surface area contributed by atoms with Crippen LogP contribution >= 0.6 is 11.3 Å². The van der Waals surface area contributed by atoms with E-state index >= 15 is 0 Å². The number of amides is 1. The molecule has 1 aromatic rings. The van der Waals surface area contributed by atoms with Gasteiger partial charge in [0.2, 0.25) is 5.91 Å². The van der Waals surface area contributed by atoms with Crippen LogP contribution in [0, 0.1) is 5.92 Å². The fourth-order valence-corrected chi connectivity index (χ4v) is 4.46. The smallest absolute Gasteiger partial charge is 0.244 e. The lowest BCUT2D eigenvalue weighted by Gasteiger charge is -2.23. The molecular weight excluding hydrogens is 268 g/mol. The molecular formula is C16H22N2OS. The third kappa shape index (κ3) is 2.09. The van der Waals surface area contributed by atoms with Crippen molar-refractivity contribution in [3.8, 4) is 0 Å². The predicted molar refractivity (Wildman–Crippen MR) is 80.4 cm³/mol. The molecule has 20 heavy (non-hydrogen) atoms. The highest BCUT2D eigenvalue weighted by Crippen LogP contribution is 2.42. The van der Waals surface area contributed by atoms with Gasteiger partial charge in [-0.2, -0.15) is 11.3 Å². The number of carbonyl (C=O) groups is 1. The summed E-state index contributed by atoms with van der Waals surface area (Å²) in [7, 11) is 0. The summed E-state index contributed by atoms with van der Waals surface area (Å²) >= 11 is 1.72. The number of rotatable bonds is 4. The first-order valence-electron chi connectivity index (χ1n) is 7.89. The molecule has 2 heterocycles. The minimum Gasteiger partial charge on any atom is -0.321 e. The Morgan fingerprint density at radius 3 is 2.80 bits per heavy atom. The maximum atomic E-state index is 12.9. The molecule has 1 aromatic heterocycles. The van der Waals surface area contributed by atoms with Crippen molar-refractivity contribution in [2.45, 2.75) is 56.7 Å². The zero-order chi connectivity index (χ0) is 13.6. The van der Waals surface area contributed by atoms with Crippen molar-refractivity contribution in [2.75, 3.05) is 6.54 Å². The number of hydrogen-bond donors (Lipinski definition) is 1. The first kappa shape index (κ1) is 12.8. The zero-order valence-corrected chi connectivity index (χ0v) is 12.6. The van der Waals surface area contributed by atoms with E-state index in [-0.39, 0.29) is 11.7 Å². The molecule has 1 N–H and O–H groups in total. The van der Waals surface area contributed by atoms with Gasteiger partial charge in [0, 0.05) is 6.54 Å². The van der Waals surface area contributed by atoms with Crippen molar-refractivity contribution in [1.29, 1.82) is 0 Å². The molecule has 0 radical (unpaired) electrons. The highest BCUT2D eigenvalue weighted by atomic mass is 32.1. The molecule has 1 spiro atoms. The van der Waals surface area contributed by atoms with Crippen molar-refractivity contribution < 1.29 is 4.79 Å². The monoisotopic (exact) mass is 290 g/mol. The van der Waals surface area contributed by atoms with Gasteiger partial charge >= 0.3 is 0 Å². The van der Waals surface area contributed by atoms with Gasteiger partial charge in [0.1, 0.15) is 6.17 Å². The van der Waals surface area contributed by atoms with Crippen LogP contribution in [-0.2, 0) is 4.79 Å². The van der Waals surface area contributed by atoms with E-state index in [4.69, 9.17) is 0 Å². The minimum atomic E-state index is -0.240. The maximum Gasteiger partial charge on any atom is 0.244 e. The Labute approximate surface area is 124 Å². The van der Waals surface area contributed by atoms with Gasteiger partial charge in [0.25, 0.3) is 0 Å². The van der Waals surface area contributed by atoms with Crippen LogP contribution < -0.4 is 5.32 Å². The van der Waals surface area contributed by atoms with Crippen molar-refractivity contribution >= 4 is 17.2 Å². The van der Waals surface area contributed by atoms with Crippen LogP contribution in [0.1, 0.15) is 56.7 Å². The van der Waals surface area contributed by atoms with Gasteiger partial charge in [-0.05, 0) is 47.6 Å². The summed E-state index contributed by atoms with van der Waals surface area (Å²) in [6.45, 7) is 0.929. The minimum absolute atomic E-state index is 0.116. The number of nitrogens with one attached hydrogen (secondary N) is 1. The molecule has 1 amide bonds. The van der Waals surface area contributed by atoms with Crippen LogP contribution in [-0.4, -0.2) is 22.9 Å². The highest BCUT2D eigenvalue weighted by molar-refractivity contribution is 7.07. The van der Waals surface area contributed by atoms with Gasteiger partial charge in [0.15, 0.2) is 0 Å². The zero-order valence-electron chi connectivity index (χ0n) is 11.8. The van der Waals surface area contributed by atoms with Crippen LogP contribution in [0.2, 0.25) is 0 Å². The van der Waals surface area contributed by atoms with E-state index in [1.807, 2.05) is 0 Å². The molecule has 1 unspecified atom stereocenters. The largest absolute Gasteiger partial charge is 0.321 e. The standard InChI is InChI=1S/C16H22N2OS/c19-15-16(7-1-2-8-16)17-14(13-6-10-20-11-13)18(15)9-5-12-3-4-12/h6,10-12,14,17H,1-5,7-9H2. The van der Waals surface area contributed by atoms with Crippen molar-refractivity contribution in [3.63, 3.8) is 0 Å². The van der Waals surface area contributed by atoms with Gasteiger partial charge < -0.3 is 4.90 Å². The molecule has 3 fully saturated rings. The second-order valence-corrected chi connectivity index (χ2v) is 7.40. The maximum absolute atomic E-state index is 12.9. The number of carbonyl (C=O) groups excluding carboxylic acids is 1. The lowest BCUT2D eigenvalue weighted by atomic mass is 9.98. The van der Waals surface area contributed by atoms with E-state index in [0.29, 0.717) is 5.91 Å². The lowest BCUT2D eigenvalue weighted by molar-refractivity contribution is -0.133. The van der Waals surface area contributed by atoms with Crippen LogP contribution in [0.25, 0.3) is 0 Å². The quantitative estimate of drug-likeness (QED) is 0.923. The Morgan fingerprint density at radius 1 is 1.35 bits per heavy atom. The van der Waals surface area contributed by atoms with E-state index in [1.54, 1.807) is 11.3 Å². The third-order valence-corrected chi connectivity index (χ3v) is 5.89. The fraction of sp³-hybridized carbons (Fsp3) is 0.688. The average molecular weight is 290 g/mol. The third-order valence-electron chi connectivity index (χ3n) is 5.19. The van der Waals surface area contributed by atoms with E-state index < -0.39 is 0 Å². The highest BCUT2D eigenvalue weighted by Gasteiger charge is 2.52. The van der Waals surface area contributed by atoms with Gasteiger partial charge in [-0.15, -0.1) is 0 Å². The summed E-state index contributed by atoms with van der Waals surface area (Å²) in [5, 5.41) is 7.99. The summed E-state index contributed by atoms with van der Waals surface area (Å²) in [4.78, 5) is 15.1. The summed E-state index contributed by atoms with van der Waals surface area (Å²) in [5.74, 6) is 1.25. The second-order valence-electron chi connectivity index (χ2n) is 6.62. The van der Waals surface area contributed by atoms with Crippen molar-refractivity contribution in [1.82, 2.24) is 10.2 Å². The Bertz CT molecular complexity index is 489. The summed E-state index contributed by atoms with van der Waals surface area (Å²) < 4.78 is 0. The fourth-order valence-electron chi connectivity index (χ4n) is 3.78. The Balaban J connectivity index is 1.58. The van der Waals surface area contributed by atoms with E-state index in [9.17, 15) is 4.79 Å². The van der Waals surface area contributed by atoms with Gasteiger partial charge in [-0.3, -0.25) is 10.1 Å². The van der Waals surface area contributed by atoms with Crippen LogP contribution in [0.15, 0.2) is 16.8 Å². The van der Waals surface area contributed by atoms with Crippen molar-refractivity contribution in [2.24, 2.45) is 5.92 Å². The number of thiophene rings is 1. The second kappa shape index (κ2) is 4.85. The molecule has 0 bridgehead atoms. The first-order valence-corrected chi connectivity index (χ1v) is 8.84. The molecule has 2 saturated carbocycles. The lowest BCUT2D eigenvalue weighted by Crippen LogP contribution is -2.44. The molecule has 4 rings (SSSR count). The molecule has 0 aromatic carbocycles. The topological polar surface area (TPSA) is 32.3 Å². The number of hydrogen-bond acceptors (Lipinski definition) is 3. The van der Waals surface area contributed by atoms with Crippen LogP contribution in [0.3, 0.4) is 0 Å². The summed E-state index contributed by atoms with van der Waals surface area (Å²) in [6, 6.07) is 2.16.